The minimum Gasteiger partial charge on any atom is -0.238 e. The summed E-state index contributed by atoms with van der Waals surface area (Å²) >= 11 is 0. The van der Waals surface area contributed by atoms with Crippen molar-refractivity contribution in [3.05, 3.63) is 65.5 Å². The fourth-order valence-electron chi connectivity index (χ4n) is 1.65. The second kappa shape index (κ2) is 4.53. The van der Waals surface area contributed by atoms with Gasteiger partial charge < -0.3 is 0 Å². The Labute approximate surface area is 102 Å². The van der Waals surface area contributed by atoms with Crippen LogP contribution >= 0.6 is 0 Å². The lowest BCUT2D eigenvalue weighted by molar-refractivity contribution is -0.137. The molecule has 1 nitrogen and oxygen atoms in total. The average Bonchev–Trinajstić information content (AvgIpc) is 2.38. The maximum Gasteiger partial charge on any atom is 0.416 e. The number of halogens is 3. The first kappa shape index (κ1) is 12.2. The van der Waals surface area contributed by atoms with E-state index in [1.165, 1.54) is 12.1 Å². The number of nitrogens with zero attached hydrogens (tertiary/aromatic N) is 1. The van der Waals surface area contributed by atoms with E-state index >= 15 is 0 Å². The Morgan fingerprint density at radius 2 is 1.50 bits per heavy atom. The summed E-state index contributed by atoms with van der Waals surface area (Å²) in [7, 11) is 0. The lowest BCUT2D eigenvalue weighted by Gasteiger charge is -2.08. The summed E-state index contributed by atoms with van der Waals surface area (Å²) < 4.78 is 37.3. The molecule has 0 N–H and O–H groups in total. The predicted octanol–water partition coefficient (Wildman–Crippen LogP) is 4.92. The van der Waals surface area contributed by atoms with Crippen LogP contribution in [0.25, 0.3) is 16.0 Å². The fraction of sp³-hybridized carbons (Fsp3) is 0.0714. The minimum absolute atomic E-state index is 0.428. The minimum atomic E-state index is -4.34. The summed E-state index contributed by atoms with van der Waals surface area (Å²) in [4.78, 5) is 3.35. The largest absolute Gasteiger partial charge is 0.416 e. The fourth-order valence-corrected chi connectivity index (χ4v) is 1.65. The van der Waals surface area contributed by atoms with Crippen LogP contribution in [0, 0.1) is 6.57 Å². The van der Waals surface area contributed by atoms with Crippen molar-refractivity contribution in [3.8, 4) is 11.1 Å². The van der Waals surface area contributed by atoms with Gasteiger partial charge in [-0.15, -0.1) is 0 Å². The molecule has 0 unspecified atom stereocenters. The van der Waals surface area contributed by atoms with Gasteiger partial charge in [-0.25, -0.2) is 4.85 Å². The van der Waals surface area contributed by atoms with Gasteiger partial charge in [0.05, 0.1) is 12.1 Å². The average molecular weight is 247 g/mol. The third-order valence-electron chi connectivity index (χ3n) is 2.55. The molecule has 2 aromatic rings. The van der Waals surface area contributed by atoms with Crippen molar-refractivity contribution in [2.75, 3.05) is 0 Å². The van der Waals surface area contributed by atoms with E-state index < -0.39 is 11.7 Å². The van der Waals surface area contributed by atoms with Crippen molar-refractivity contribution in [2.24, 2.45) is 0 Å². The second-order valence-corrected chi connectivity index (χ2v) is 3.70. The Morgan fingerprint density at radius 3 is 2.06 bits per heavy atom. The molecule has 0 heterocycles. The molecule has 4 heteroatoms. The Kier molecular flexibility index (Phi) is 3.07. The van der Waals surface area contributed by atoms with Crippen LogP contribution in [0.4, 0.5) is 18.9 Å². The van der Waals surface area contributed by atoms with Crippen LogP contribution in [0.5, 0.6) is 0 Å². The van der Waals surface area contributed by atoms with E-state index in [2.05, 4.69) is 4.85 Å². The first-order valence-electron chi connectivity index (χ1n) is 5.16. The monoisotopic (exact) mass is 247 g/mol. The van der Waals surface area contributed by atoms with Crippen LogP contribution < -0.4 is 0 Å². The molecule has 0 atom stereocenters. The molecule has 0 amide bonds. The molecule has 2 rings (SSSR count). The quantitative estimate of drug-likeness (QED) is 0.630. The van der Waals surface area contributed by atoms with Crippen molar-refractivity contribution in [2.45, 2.75) is 6.18 Å². The van der Waals surface area contributed by atoms with Crippen molar-refractivity contribution >= 4 is 5.69 Å². The Morgan fingerprint density at radius 1 is 0.889 bits per heavy atom. The van der Waals surface area contributed by atoms with Crippen LogP contribution in [0.2, 0.25) is 0 Å². The van der Waals surface area contributed by atoms with E-state index in [1.54, 1.807) is 24.3 Å². The normalized spacial score (nSPS) is 11.0. The molecule has 0 aliphatic carbocycles. The standard InChI is InChI=1S/C14H8F3N/c1-18-13-5-3-2-4-12(13)10-6-8-11(9-7-10)14(15,16)17/h2-9H. The summed E-state index contributed by atoms with van der Waals surface area (Å²) in [6, 6.07) is 11.6. The SMILES string of the molecule is [C-]#[N+]c1ccccc1-c1ccc(C(F)(F)F)cc1. The van der Waals surface area contributed by atoms with Crippen LogP contribution in [-0.4, -0.2) is 0 Å². The van der Waals surface area contributed by atoms with Gasteiger partial charge in [-0.2, -0.15) is 13.2 Å². The molecule has 0 spiro atoms. The smallest absolute Gasteiger partial charge is 0.238 e. The van der Waals surface area contributed by atoms with E-state index in [1.807, 2.05) is 0 Å². The number of para-hydroxylation sites is 1. The van der Waals surface area contributed by atoms with Gasteiger partial charge in [0.1, 0.15) is 0 Å². The highest BCUT2D eigenvalue weighted by atomic mass is 19.4. The summed E-state index contributed by atoms with van der Waals surface area (Å²) in [5.41, 5.74) is 0.986. The van der Waals surface area contributed by atoms with Gasteiger partial charge >= 0.3 is 6.18 Å². The summed E-state index contributed by atoms with van der Waals surface area (Å²) in [6.45, 7) is 7.02. The highest BCUT2D eigenvalue weighted by Crippen LogP contribution is 2.33. The third kappa shape index (κ3) is 2.35. The zero-order valence-corrected chi connectivity index (χ0v) is 9.20. The number of rotatable bonds is 1. The third-order valence-corrected chi connectivity index (χ3v) is 2.55. The zero-order valence-electron chi connectivity index (χ0n) is 9.20. The Bertz CT molecular complexity index is 592. The zero-order chi connectivity index (χ0) is 13.2. The van der Waals surface area contributed by atoms with Gasteiger partial charge in [-0.1, -0.05) is 36.4 Å². The molecule has 0 aliphatic rings. The van der Waals surface area contributed by atoms with E-state index in [0.717, 1.165) is 12.1 Å². The van der Waals surface area contributed by atoms with Gasteiger partial charge in [-0.3, -0.25) is 0 Å². The van der Waals surface area contributed by atoms with E-state index in [0.29, 0.717) is 16.8 Å². The second-order valence-electron chi connectivity index (χ2n) is 3.70. The van der Waals surface area contributed by atoms with Crippen LogP contribution in [0.1, 0.15) is 5.56 Å². The highest BCUT2D eigenvalue weighted by Gasteiger charge is 2.29. The summed E-state index contributed by atoms with van der Waals surface area (Å²) in [5, 5.41) is 0. The molecule has 0 saturated heterocycles. The molecule has 18 heavy (non-hydrogen) atoms. The van der Waals surface area contributed by atoms with Crippen LogP contribution in [0.15, 0.2) is 48.5 Å². The van der Waals surface area contributed by atoms with E-state index in [4.69, 9.17) is 6.57 Å². The first-order valence-corrected chi connectivity index (χ1v) is 5.16. The highest BCUT2D eigenvalue weighted by molar-refractivity contribution is 5.78. The lowest BCUT2D eigenvalue weighted by Crippen LogP contribution is -2.03. The summed E-state index contributed by atoms with van der Waals surface area (Å²) in [6.07, 6.45) is -4.34. The topological polar surface area (TPSA) is 4.36 Å². The molecule has 0 fully saturated rings. The molecular weight excluding hydrogens is 239 g/mol. The number of alkyl halides is 3. The van der Waals surface area contributed by atoms with Gasteiger partial charge in [-0.05, 0) is 23.3 Å². The van der Waals surface area contributed by atoms with Crippen LogP contribution in [0.3, 0.4) is 0 Å². The predicted molar refractivity (Wildman–Crippen MR) is 63.1 cm³/mol. The summed E-state index contributed by atoms with van der Waals surface area (Å²) in [5.74, 6) is 0. The van der Waals surface area contributed by atoms with Gasteiger partial charge in [0.25, 0.3) is 0 Å². The molecule has 0 aliphatic heterocycles. The van der Waals surface area contributed by atoms with E-state index in [-0.39, 0.29) is 0 Å². The molecule has 0 radical (unpaired) electrons. The van der Waals surface area contributed by atoms with Gasteiger partial charge in [0, 0.05) is 0 Å². The number of hydrogen-bond acceptors (Lipinski definition) is 0. The molecule has 0 saturated carbocycles. The van der Waals surface area contributed by atoms with Crippen molar-refractivity contribution < 1.29 is 13.2 Å². The Hall–Kier alpha value is -2.28. The van der Waals surface area contributed by atoms with E-state index in [9.17, 15) is 13.2 Å². The lowest BCUT2D eigenvalue weighted by atomic mass is 10.0. The van der Waals surface area contributed by atoms with Crippen LogP contribution in [-0.2, 0) is 6.18 Å². The number of benzene rings is 2. The van der Waals surface area contributed by atoms with Gasteiger partial charge in [0.15, 0.2) is 5.69 Å². The molecule has 2 aromatic carbocycles. The number of hydrogen-bond donors (Lipinski definition) is 0. The maximum absolute atomic E-state index is 12.4. The first-order chi connectivity index (χ1) is 8.52. The molecular formula is C14H8F3N. The molecule has 0 aromatic heterocycles. The molecule has 0 bridgehead atoms. The van der Waals surface area contributed by atoms with Gasteiger partial charge in [0.2, 0.25) is 0 Å². The Balaban J connectivity index is 2.45. The molecule has 90 valence electrons. The van der Waals surface area contributed by atoms with Crippen molar-refractivity contribution in [1.29, 1.82) is 0 Å². The van der Waals surface area contributed by atoms with Crippen molar-refractivity contribution in [1.82, 2.24) is 0 Å². The van der Waals surface area contributed by atoms with Crippen molar-refractivity contribution in [3.63, 3.8) is 0 Å². The maximum atomic E-state index is 12.4.